The van der Waals surface area contributed by atoms with Crippen LogP contribution in [0.5, 0.6) is 0 Å². The van der Waals surface area contributed by atoms with Gasteiger partial charge in [-0.1, -0.05) is 47.4 Å². The van der Waals surface area contributed by atoms with Crippen molar-refractivity contribution in [1.82, 2.24) is 0 Å². The number of benzene rings is 1. The molecule has 0 spiro atoms. The van der Waals surface area contributed by atoms with Crippen molar-refractivity contribution >= 4 is 28.4 Å². The fourth-order valence-corrected chi connectivity index (χ4v) is 1.13. The molecule has 0 heterocycles. The highest BCUT2D eigenvalue weighted by Gasteiger charge is 1.99. The number of rotatable bonds is 4. The van der Waals surface area contributed by atoms with E-state index in [0.29, 0.717) is 16.8 Å². The molecule has 76 valence electrons. The highest BCUT2D eigenvalue weighted by atomic mass is 35.5. The van der Waals surface area contributed by atoms with E-state index in [9.17, 15) is 0 Å². The lowest BCUT2D eigenvalue weighted by Crippen LogP contribution is -1.93. The molecule has 0 N–H and O–H groups in total. The summed E-state index contributed by atoms with van der Waals surface area (Å²) in [5.41, 5.74) is 0.798. The summed E-state index contributed by atoms with van der Waals surface area (Å²) in [5.74, 6) is 0. The van der Waals surface area contributed by atoms with Gasteiger partial charge in [0.15, 0.2) is 5.17 Å². The van der Waals surface area contributed by atoms with E-state index in [1.807, 2.05) is 6.92 Å². The van der Waals surface area contributed by atoms with Gasteiger partial charge in [-0.15, -0.1) is 0 Å². The van der Waals surface area contributed by atoms with Crippen molar-refractivity contribution in [2.24, 2.45) is 5.16 Å². The van der Waals surface area contributed by atoms with Gasteiger partial charge in [0.1, 0.15) is 6.61 Å². The van der Waals surface area contributed by atoms with Gasteiger partial charge in [-0.05, 0) is 18.6 Å². The first-order valence-electron chi connectivity index (χ1n) is 4.35. The Morgan fingerprint density at radius 3 is 2.57 bits per heavy atom. The monoisotopic (exact) mass is 231 g/mol. The van der Waals surface area contributed by atoms with Gasteiger partial charge in [0, 0.05) is 10.6 Å². The van der Waals surface area contributed by atoms with Crippen LogP contribution in [0.25, 0.3) is 0 Å². The molecule has 0 aromatic heterocycles. The largest absolute Gasteiger partial charge is 0.395 e. The first kappa shape index (κ1) is 11.3. The van der Waals surface area contributed by atoms with Crippen LogP contribution in [0.1, 0.15) is 18.9 Å². The molecule has 2 nitrogen and oxygen atoms in total. The number of oxime groups is 1. The van der Waals surface area contributed by atoms with Gasteiger partial charge in [-0.25, -0.2) is 0 Å². The fraction of sp³-hybridized carbons (Fsp3) is 0.300. The lowest BCUT2D eigenvalue weighted by Gasteiger charge is -1.99. The molecule has 0 aliphatic heterocycles. The Labute approximate surface area is 93.5 Å². The molecule has 0 saturated carbocycles. The summed E-state index contributed by atoms with van der Waals surface area (Å²) in [7, 11) is 0. The van der Waals surface area contributed by atoms with Gasteiger partial charge < -0.3 is 4.84 Å². The van der Waals surface area contributed by atoms with E-state index in [0.717, 1.165) is 12.0 Å². The molecule has 0 saturated heterocycles. The van der Waals surface area contributed by atoms with Crippen LogP contribution < -0.4 is 0 Å². The molecule has 1 rings (SSSR count). The van der Waals surface area contributed by atoms with Crippen LogP contribution >= 0.6 is 23.2 Å². The Bertz CT molecular complexity index is 308. The van der Waals surface area contributed by atoms with Crippen molar-refractivity contribution in [3.63, 3.8) is 0 Å². The van der Waals surface area contributed by atoms with Gasteiger partial charge in [0.2, 0.25) is 0 Å². The van der Waals surface area contributed by atoms with E-state index < -0.39 is 0 Å². The molecule has 1 aromatic carbocycles. The van der Waals surface area contributed by atoms with Gasteiger partial charge in [-0.3, -0.25) is 0 Å². The van der Waals surface area contributed by atoms with Crippen LogP contribution in [0.15, 0.2) is 29.4 Å². The molecule has 4 heteroatoms. The lowest BCUT2D eigenvalue weighted by molar-refractivity contribution is 0.146. The van der Waals surface area contributed by atoms with Gasteiger partial charge in [0.05, 0.1) is 0 Å². The van der Waals surface area contributed by atoms with Crippen LogP contribution in [-0.4, -0.2) is 11.8 Å². The van der Waals surface area contributed by atoms with E-state index in [-0.39, 0.29) is 0 Å². The minimum Gasteiger partial charge on any atom is -0.395 e. The Balaban J connectivity index is 2.64. The van der Waals surface area contributed by atoms with E-state index in [4.69, 9.17) is 28.0 Å². The zero-order valence-electron chi connectivity index (χ0n) is 7.84. The molecule has 0 atom stereocenters. The fourth-order valence-electron chi connectivity index (χ4n) is 0.834. The molecule has 0 bridgehead atoms. The minimum absolute atomic E-state index is 0.343. The normalized spacial score (nSPS) is 11.5. The third-order valence-corrected chi connectivity index (χ3v) is 2.06. The quantitative estimate of drug-likeness (QED) is 0.441. The predicted molar refractivity (Wildman–Crippen MR) is 60.1 cm³/mol. The van der Waals surface area contributed by atoms with Crippen LogP contribution in [0.2, 0.25) is 5.02 Å². The summed E-state index contributed by atoms with van der Waals surface area (Å²) in [6.07, 6.45) is 0.911. The highest BCUT2D eigenvalue weighted by molar-refractivity contribution is 6.69. The van der Waals surface area contributed by atoms with Crippen molar-refractivity contribution in [3.05, 3.63) is 34.9 Å². The molecule has 0 aliphatic carbocycles. The Kier molecular flexibility index (Phi) is 4.77. The smallest absolute Gasteiger partial charge is 0.175 e. The Hall–Kier alpha value is -0.730. The third-order valence-electron chi connectivity index (χ3n) is 1.52. The number of hydrogen-bond acceptors (Lipinski definition) is 2. The molecular formula is C10H11Cl2NO. The zero-order chi connectivity index (χ0) is 10.4. The number of halogens is 2. The molecule has 0 fully saturated rings. The number of hydrogen-bond donors (Lipinski definition) is 0. The average Bonchev–Trinajstić information content (AvgIpc) is 2.19. The first-order chi connectivity index (χ1) is 6.74. The first-order valence-corrected chi connectivity index (χ1v) is 5.11. The second kappa shape index (κ2) is 5.89. The predicted octanol–water partition coefficient (Wildman–Crippen LogP) is 3.67. The van der Waals surface area contributed by atoms with E-state index >= 15 is 0 Å². The van der Waals surface area contributed by atoms with Crippen molar-refractivity contribution in [1.29, 1.82) is 0 Å². The van der Waals surface area contributed by atoms with Crippen molar-refractivity contribution in [3.8, 4) is 0 Å². The van der Waals surface area contributed by atoms with Gasteiger partial charge in [-0.2, -0.15) is 0 Å². The number of nitrogens with zero attached hydrogens (tertiary/aromatic N) is 1. The lowest BCUT2D eigenvalue weighted by atomic mass is 10.2. The van der Waals surface area contributed by atoms with Gasteiger partial charge >= 0.3 is 0 Å². The molecule has 0 amide bonds. The maximum atomic E-state index is 5.88. The summed E-state index contributed by atoms with van der Waals surface area (Å²) in [4.78, 5) is 4.95. The van der Waals surface area contributed by atoms with Crippen molar-refractivity contribution in [2.45, 2.75) is 13.3 Å². The summed E-state index contributed by atoms with van der Waals surface area (Å²) in [5, 5.41) is 4.77. The average molecular weight is 232 g/mol. The topological polar surface area (TPSA) is 21.6 Å². The highest BCUT2D eigenvalue weighted by Crippen LogP contribution is 2.12. The van der Waals surface area contributed by atoms with E-state index in [1.165, 1.54) is 0 Å². The SMILES string of the molecule is CCCO/N=C(\Cl)c1ccc(Cl)cc1. The molecule has 0 aliphatic rings. The standard InChI is InChI=1S/C10H11Cl2NO/c1-2-7-14-13-10(12)8-3-5-9(11)6-4-8/h3-6H,2,7H2,1H3/b13-10-. The summed E-state index contributed by atoms with van der Waals surface area (Å²) in [6.45, 7) is 2.58. The molecule has 1 aromatic rings. The summed E-state index contributed by atoms with van der Waals surface area (Å²) >= 11 is 11.6. The summed E-state index contributed by atoms with van der Waals surface area (Å²) in [6, 6.07) is 7.11. The second-order valence-corrected chi connectivity index (χ2v) is 3.52. The summed E-state index contributed by atoms with van der Waals surface area (Å²) < 4.78 is 0. The van der Waals surface area contributed by atoms with Crippen LogP contribution in [0.3, 0.4) is 0 Å². The maximum absolute atomic E-state index is 5.88. The molecule has 0 radical (unpaired) electrons. The Morgan fingerprint density at radius 1 is 1.36 bits per heavy atom. The van der Waals surface area contributed by atoms with E-state index in [1.54, 1.807) is 24.3 Å². The van der Waals surface area contributed by atoms with Crippen molar-refractivity contribution in [2.75, 3.05) is 6.61 Å². The minimum atomic E-state index is 0.343. The van der Waals surface area contributed by atoms with Gasteiger partial charge in [0.25, 0.3) is 0 Å². The van der Waals surface area contributed by atoms with Crippen LogP contribution in [0, 0.1) is 0 Å². The Morgan fingerprint density at radius 2 is 2.00 bits per heavy atom. The van der Waals surface area contributed by atoms with Crippen molar-refractivity contribution < 1.29 is 4.84 Å². The molecule has 0 unspecified atom stereocenters. The second-order valence-electron chi connectivity index (χ2n) is 2.72. The van der Waals surface area contributed by atoms with E-state index in [2.05, 4.69) is 5.16 Å². The van der Waals surface area contributed by atoms with Crippen LogP contribution in [-0.2, 0) is 4.84 Å². The third kappa shape index (κ3) is 3.56. The molecular weight excluding hydrogens is 221 g/mol. The maximum Gasteiger partial charge on any atom is 0.175 e. The zero-order valence-corrected chi connectivity index (χ0v) is 9.35. The van der Waals surface area contributed by atoms with Crippen LogP contribution in [0.4, 0.5) is 0 Å². The molecule has 14 heavy (non-hydrogen) atoms.